The van der Waals surface area contributed by atoms with E-state index in [1.165, 1.54) is 44.8 Å². The first-order valence-corrected chi connectivity index (χ1v) is 9.39. The standard InChI is InChI=1S/C20H27NO4/c1-12-10-25-16(6-17(22)23)18(12)19(24)21(2)11-20-7-13-3-14(8-20)5-15(4-13)9-20/h10,13-15H,3-9,11H2,1-2H3,(H,22,23). The van der Waals surface area contributed by atoms with E-state index in [1.54, 1.807) is 6.92 Å². The maximum Gasteiger partial charge on any atom is 0.311 e. The van der Waals surface area contributed by atoms with Crippen molar-refractivity contribution < 1.29 is 19.1 Å². The van der Waals surface area contributed by atoms with E-state index < -0.39 is 5.97 Å². The fourth-order valence-corrected chi connectivity index (χ4v) is 6.30. The van der Waals surface area contributed by atoms with Gasteiger partial charge in [-0.15, -0.1) is 0 Å². The third-order valence-electron chi connectivity index (χ3n) is 6.66. The van der Waals surface area contributed by atoms with Crippen LogP contribution in [-0.2, 0) is 11.2 Å². The Morgan fingerprint density at radius 3 is 2.28 bits per heavy atom. The van der Waals surface area contributed by atoms with Crippen LogP contribution in [0.25, 0.3) is 0 Å². The van der Waals surface area contributed by atoms with Crippen molar-refractivity contribution in [1.29, 1.82) is 0 Å². The molecule has 4 aliphatic carbocycles. The van der Waals surface area contributed by atoms with Gasteiger partial charge in [0.1, 0.15) is 12.2 Å². The van der Waals surface area contributed by atoms with Crippen molar-refractivity contribution >= 4 is 11.9 Å². The van der Waals surface area contributed by atoms with Gasteiger partial charge in [0.2, 0.25) is 0 Å². The van der Waals surface area contributed by atoms with Crippen LogP contribution in [0.4, 0.5) is 0 Å². The van der Waals surface area contributed by atoms with Gasteiger partial charge < -0.3 is 14.4 Å². The van der Waals surface area contributed by atoms with Crippen molar-refractivity contribution in [1.82, 2.24) is 4.90 Å². The lowest BCUT2D eigenvalue weighted by molar-refractivity contribution is -0.136. The van der Waals surface area contributed by atoms with Crippen molar-refractivity contribution in [3.63, 3.8) is 0 Å². The van der Waals surface area contributed by atoms with Gasteiger partial charge in [-0.25, -0.2) is 0 Å². The maximum atomic E-state index is 13.0. The molecule has 4 fully saturated rings. The minimum atomic E-state index is -0.980. The zero-order valence-electron chi connectivity index (χ0n) is 15.1. The first-order valence-electron chi connectivity index (χ1n) is 9.39. The molecule has 136 valence electrons. The number of carbonyl (C=O) groups excluding carboxylic acids is 1. The summed E-state index contributed by atoms with van der Waals surface area (Å²) in [7, 11) is 1.86. The molecule has 0 aromatic carbocycles. The number of hydrogen-bond donors (Lipinski definition) is 1. The predicted octanol–water partition coefficient (Wildman–Crippen LogP) is 3.50. The summed E-state index contributed by atoms with van der Waals surface area (Å²) in [6.07, 6.45) is 9.17. The molecule has 4 aliphatic rings. The summed E-state index contributed by atoms with van der Waals surface area (Å²) in [6.45, 7) is 2.59. The summed E-state index contributed by atoms with van der Waals surface area (Å²) in [5.74, 6) is 1.76. The Hall–Kier alpha value is -1.78. The van der Waals surface area contributed by atoms with Crippen molar-refractivity contribution in [2.75, 3.05) is 13.6 Å². The van der Waals surface area contributed by atoms with Crippen LogP contribution >= 0.6 is 0 Å². The Balaban J connectivity index is 1.52. The Kier molecular flexibility index (Phi) is 3.93. The van der Waals surface area contributed by atoms with E-state index in [0.29, 0.717) is 5.56 Å². The summed E-state index contributed by atoms with van der Waals surface area (Å²) in [5, 5.41) is 9.05. The molecule has 0 atom stereocenters. The average Bonchev–Trinajstić information content (AvgIpc) is 2.84. The number of aliphatic carboxylic acids is 1. The van der Waals surface area contributed by atoms with Gasteiger partial charge in [-0.1, -0.05) is 0 Å². The zero-order chi connectivity index (χ0) is 17.8. The van der Waals surface area contributed by atoms with E-state index in [4.69, 9.17) is 9.52 Å². The van der Waals surface area contributed by atoms with Gasteiger partial charge in [-0.3, -0.25) is 9.59 Å². The highest BCUT2D eigenvalue weighted by molar-refractivity contribution is 5.97. The van der Waals surface area contributed by atoms with Crippen molar-refractivity contribution in [2.45, 2.75) is 51.9 Å². The molecule has 25 heavy (non-hydrogen) atoms. The smallest absolute Gasteiger partial charge is 0.311 e. The molecule has 1 N–H and O–H groups in total. The first-order chi connectivity index (χ1) is 11.8. The number of rotatable bonds is 5. The summed E-state index contributed by atoms with van der Waals surface area (Å²) < 4.78 is 5.34. The quantitative estimate of drug-likeness (QED) is 0.886. The Morgan fingerprint density at radius 2 is 1.76 bits per heavy atom. The average molecular weight is 345 g/mol. The van der Waals surface area contributed by atoms with Crippen LogP contribution in [-0.4, -0.2) is 35.5 Å². The Labute approximate surface area is 148 Å². The molecule has 0 saturated heterocycles. The van der Waals surface area contributed by atoms with Crippen LogP contribution in [0.3, 0.4) is 0 Å². The summed E-state index contributed by atoms with van der Waals surface area (Å²) >= 11 is 0. The molecular weight excluding hydrogens is 318 g/mol. The van der Waals surface area contributed by atoms with Gasteiger partial charge in [-0.2, -0.15) is 0 Å². The number of aryl methyl sites for hydroxylation is 1. The summed E-state index contributed by atoms with van der Waals surface area (Å²) in [6, 6.07) is 0. The van der Waals surface area contributed by atoms with Gasteiger partial charge in [0.05, 0.1) is 11.8 Å². The molecule has 0 radical (unpaired) electrons. The lowest BCUT2D eigenvalue weighted by Crippen LogP contribution is -2.51. The fourth-order valence-electron chi connectivity index (χ4n) is 6.30. The highest BCUT2D eigenvalue weighted by Crippen LogP contribution is 2.60. The zero-order valence-corrected chi connectivity index (χ0v) is 15.1. The number of carboxylic acids is 1. The number of furan rings is 1. The third-order valence-corrected chi connectivity index (χ3v) is 6.66. The second-order valence-corrected chi connectivity index (χ2v) is 8.87. The summed E-state index contributed by atoms with van der Waals surface area (Å²) in [5.41, 5.74) is 1.44. The number of carboxylic acid groups (broad SMARTS) is 1. The minimum Gasteiger partial charge on any atom is -0.481 e. The van der Waals surface area contributed by atoms with Crippen LogP contribution in [0.15, 0.2) is 10.7 Å². The van der Waals surface area contributed by atoms with E-state index in [9.17, 15) is 9.59 Å². The van der Waals surface area contributed by atoms with Gasteiger partial charge in [0, 0.05) is 19.2 Å². The predicted molar refractivity (Wildman–Crippen MR) is 92.4 cm³/mol. The molecule has 1 aromatic rings. The molecule has 0 spiro atoms. The highest BCUT2D eigenvalue weighted by atomic mass is 16.4. The van der Waals surface area contributed by atoms with Crippen LogP contribution in [0, 0.1) is 30.1 Å². The van der Waals surface area contributed by atoms with Crippen molar-refractivity contribution in [3.8, 4) is 0 Å². The number of carbonyl (C=O) groups is 2. The van der Waals surface area contributed by atoms with Crippen LogP contribution in [0.5, 0.6) is 0 Å². The van der Waals surface area contributed by atoms with Gasteiger partial charge in [-0.05, 0) is 68.6 Å². The van der Waals surface area contributed by atoms with E-state index in [0.717, 1.165) is 29.9 Å². The third kappa shape index (κ3) is 2.98. The number of amides is 1. The highest BCUT2D eigenvalue weighted by Gasteiger charge is 2.51. The first kappa shape index (κ1) is 16.7. The van der Waals surface area contributed by atoms with Crippen LogP contribution < -0.4 is 0 Å². The Morgan fingerprint density at radius 1 is 1.20 bits per heavy atom. The molecule has 0 unspecified atom stereocenters. The number of hydrogen-bond acceptors (Lipinski definition) is 3. The van der Waals surface area contributed by atoms with Gasteiger partial charge in [0.15, 0.2) is 0 Å². The fraction of sp³-hybridized carbons (Fsp3) is 0.700. The molecule has 0 aliphatic heterocycles. The van der Waals surface area contributed by atoms with Gasteiger partial charge >= 0.3 is 5.97 Å². The monoisotopic (exact) mass is 345 g/mol. The molecule has 4 bridgehead atoms. The minimum absolute atomic E-state index is 0.0988. The second kappa shape index (κ2) is 5.89. The van der Waals surface area contributed by atoms with E-state index >= 15 is 0 Å². The number of nitrogens with zero attached hydrogens (tertiary/aromatic N) is 1. The van der Waals surface area contributed by atoms with Crippen molar-refractivity contribution in [3.05, 3.63) is 23.2 Å². The van der Waals surface area contributed by atoms with Crippen LogP contribution in [0.1, 0.15) is 60.2 Å². The topological polar surface area (TPSA) is 70.7 Å². The lowest BCUT2D eigenvalue weighted by atomic mass is 9.49. The lowest BCUT2D eigenvalue weighted by Gasteiger charge is -2.57. The second-order valence-electron chi connectivity index (χ2n) is 8.87. The maximum absolute atomic E-state index is 13.0. The molecule has 5 heteroatoms. The summed E-state index contributed by atoms with van der Waals surface area (Å²) in [4.78, 5) is 25.9. The Bertz CT molecular complexity index is 669. The molecule has 5 rings (SSSR count). The van der Waals surface area contributed by atoms with E-state index in [-0.39, 0.29) is 23.5 Å². The molecule has 1 aromatic heterocycles. The largest absolute Gasteiger partial charge is 0.481 e. The molecule has 1 amide bonds. The van der Waals surface area contributed by atoms with E-state index in [1.807, 2.05) is 11.9 Å². The molecular formula is C20H27NO4. The molecule has 5 nitrogen and oxygen atoms in total. The van der Waals surface area contributed by atoms with Crippen LogP contribution in [0.2, 0.25) is 0 Å². The molecule has 4 saturated carbocycles. The van der Waals surface area contributed by atoms with E-state index in [2.05, 4.69) is 0 Å². The van der Waals surface area contributed by atoms with Gasteiger partial charge in [0.25, 0.3) is 5.91 Å². The normalized spacial score (nSPS) is 32.8. The van der Waals surface area contributed by atoms with Crippen molar-refractivity contribution in [2.24, 2.45) is 23.2 Å². The molecule has 1 heterocycles. The SMILES string of the molecule is Cc1coc(CC(=O)O)c1C(=O)N(C)CC12CC3CC(CC(C3)C1)C2.